The largest absolute Gasteiger partial charge is 0.161 e. The van der Waals surface area contributed by atoms with Crippen LogP contribution >= 0.6 is 0 Å². The van der Waals surface area contributed by atoms with Crippen molar-refractivity contribution in [2.45, 2.75) is 33.6 Å². The second-order valence-corrected chi connectivity index (χ2v) is 3.92. The van der Waals surface area contributed by atoms with Gasteiger partial charge in [-0.2, -0.15) is 10.2 Å². The van der Waals surface area contributed by atoms with E-state index in [-0.39, 0.29) is 0 Å². The summed E-state index contributed by atoms with van der Waals surface area (Å²) in [5, 5.41) is 8.28. The molecule has 1 rings (SSSR count). The van der Waals surface area contributed by atoms with Gasteiger partial charge in [0.05, 0.1) is 0 Å². The summed E-state index contributed by atoms with van der Waals surface area (Å²) in [6.45, 7) is 8.06. The van der Waals surface area contributed by atoms with E-state index in [0.29, 0.717) is 5.92 Å². The molecule has 1 aromatic rings. The molecule has 0 saturated heterocycles. The smallest absolute Gasteiger partial charge is 0.0446 e. The molecule has 0 saturated carbocycles. The highest BCUT2D eigenvalue weighted by atomic mass is 15.2. The van der Waals surface area contributed by atoms with Crippen LogP contribution in [0.15, 0.2) is 40.5 Å². The number of benzene rings is 1. The maximum absolute atomic E-state index is 4.20. The van der Waals surface area contributed by atoms with Gasteiger partial charge in [0.2, 0.25) is 0 Å². The minimum absolute atomic E-state index is 0.328. The summed E-state index contributed by atoms with van der Waals surface area (Å²) < 4.78 is 0. The molecular formula is C13H18N2. The van der Waals surface area contributed by atoms with Gasteiger partial charge in [-0.3, -0.25) is 0 Å². The molecule has 0 fully saturated rings. The van der Waals surface area contributed by atoms with Crippen LogP contribution in [0.2, 0.25) is 0 Å². The number of hydrogen-bond donors (Lipinski definition) is 0. The van der Waals surface area contributed by atoms with E-state index in [1.807, 2.05) is 39.0 Å². The van der Waals surface area contributed by atoms with Gasteiger partial charge in [-0.25, -0.2) is 0 Å². The van der Waals surface area contributed by atoms with Crippen molar-refractivity contribution in [1.29, 1.82) is 0 Å². The predicted octanol–water partition coefficient (Wildman–Crippen LogP) is 3.65. The first-order valence-corrected chi connectivity index (χ1v) is 5.21. The summed E-state index contributed by atoms with van der Waals surface area (Å²) in [4.78, 5) is 0. The normalized spacial score (nSPS) is 13.5. The molecule has 80 valence electrons. The van der Waals surface area contributed by atoms with Gasteiger partial charge in [0.15, 0.2) is 0 Å². The Balaban J connectivity index is 2.82. The van der Waals surface area contributed by atoms with Gasteiger partial charge in [-0.1, -0.05) is 37.3 Å². The Hall–Kier alpha value is -1.44. The molecule has 0 aliphatic heterocycles. The average molecular weight is 202 g/mol. The van der Waals surface area contributed by atoms with Crippen molar-refractivity contribution in [2.75, 3.05) is 0 Å². The summed E-state index contributed by atoms with van der Waals surface area (Å²) in [5.41, 5.74) is 3.31. The lowest BCUT2D eigenvalue weighted by atomic mass is 9.97. The Labute approximate surface area is 91.7 Å². The van der Waals surface area contributed by atoms with Crippen LogP contribution in [0, 0.1) is 0 Å². The van der Waals surface area contributed by atoms with Crippen LogP contribution in [-0.2, 0) is 0 Å². The van der Waals surface area contributed by atoms with Crippen molar-refractivity contribution in [3.63, 3.8) is 0 Å². The Morgan fingerprint density at radius 2 is 1.60 bits per heavy atom. The second-order valence-electron chi connectivity index (χ2n) is 3.92. The molecule has 1 aromatic carbocycles. The van der Waals surface area contributed by atoms with Gasteiger partial charge < -0.3 is 0 Å². The first kappa shape index (κ1) is 11.6. The average Bonchev–Trinajstić information content (AvgIpc) is 2.26. The van der Waals surface area contributed by atoms with Crippen molar-refractivity contribution in [2.24, 2.45) is 10.2 Å². The van der Waals surface area contributed by atoms with Crippen molar-refractivity contribution in [3.8, 4) is 0 Å². The second kappa shape index (κ2) is 5.44. The third-order valence-electron chi connectivity index (χ3n) is 2.33. The maximum Gasteiger partial charge on any atom is 0.0446 e. The summed E-state index contributed by atoms with van der Waals surface area (Å²) >= 11 is 0. The predicted molar refractivity (Wildman–Crippen MR) is 66.7 cm³/mol. The third kappa shape index (κ3) is 3.66. The highest BCUT2D eigenvalue weighted by molar-refractivity contribution is 5.89. The highest BCUT2D eigenvalue weighted by Gasteiger charge is 2.07. The molecule has 0 aliphatic rings. The Morgan fingerprint density at radius 1 is 1.00 bits per heavy atom. The van der Waals surface area contributed by atoms with Gasteiger partial charge in [-0.15, -0.1) is 0 Å². The fraction of sp³-hybridized carbons (Fsp3) is 0.385. The molecule has 2 nitrogen and oxygen atoms in total. The standard InChI is InChI=1S/C13H18N2/c1-10(2)14-15-12(4)11(3)13-8-6-5-7-9-13/h5-9,11H,1-4H3/b15-12+. The van der Waals surface area contributed by atoms with Crippen molar-refractivity contribution in [1.82, 2.24) is 0 Å². The van der Waals surface area contributed by atoms with Crippen molar-refractivity contribution >= 4 is 11.4 Å². The highest BCUT2D eigenvalue weighted by Crippen LogP contribution is 2.16. The van der Waals surface area contributed by atoms with Crippen molar-refractivity contribution < 1.29 is 0 Å². The van der Waals surface area contributed by atoms with E-state index in [1.54, 1.807) is 0 Å². The fourth-order valence-electron chi connectivity index (χ4n) is 1.25. The van der Waals surface area contributed by atoms with E-state index < -0.39 is 0 Å². The van der Waals surface area contributed by atoms with E-state index in [0.717, 1.165) is 11.4 Å². The van der Waals surface area contributed by atoms with Crippen LogP contribution in [0.4, 0.5) is 0 Å². The minimum Gasteiger partial charge on any atom is -0.161 e. The zero-order chi connectivity index (χ0) is 11.3. The van der Waals surface area contributed by atoms with Gasteiger partial charge in [0.25, 0.3) is 0 Å². The van der Waals surface area contributed by atoms with Crippen molar-refractivity contribution in [3.05, 3.63) is 35.9 Å². The molecule has 0 aromatic heterocycles. The van der Waals surface area contributed by atoms with E-state index in [9.17, 15) is 0 Å². The summed E-state index contributed by atoms with van der Waals surface area (Å²) in [7, 11) is 0. The first-order valence-electron chi connectivity index (χ1n) is 5.21. The Bertz CT molecular complexity index is 359. The summed E-state index contributed by atoms with van der Waals surface area (Å²) in [5.74, 6) is 0.328. The zero-order valence-electron chi connectivity index (χ0n) is 9.86. The van der Waals surface area contributed by atoms with E-state index >= 15 is 0 Å². The maximum atomic E-state index is 4.20. The molecule has 1 atom stereocenters. The lowest BCUT2D eigenvalue weighted by Crippen LogP contribution is -2.04. The lowest BCUT2D eigenvalue weighted by Gasteiger charge is -2.09. The number of hydrogen-bond acceptors (Lipinski definition) is 2. The molecule has 0 N–H and O–H groups in total. The third-order valence-corrected chi connectivity index (χ3v) is 2.33. The molecule has 1 unspecified atom stereocenters. The molecule has 15 heavy (non-hydrogen) atoms. The molecule has 0 aliphatic carbocycles. The van der Waals surface area contributed by atoms with Gasteiger partial charge in [0.1, 0.15) is 0 Å². The molecule has 0 amide bonds. The molecule has 0 radical (unpaired) electrons. The molecule has 0 spiro atoms. The van der Waals surface area contributed by atoms with Crippen LogP contribution in [-0.4, -0.2) is 11.4 Å². The minimum atomic E-state index is 0.328. The first-order chi connectivity index (χ1) is 7.11. The van der Waals surface area contributed by atoms with E-state index in [1.165, 1.54) is 5.56 Å². The topological polar surface area (TPSA) is 24.7 Å². The monoisotopic (exact) mass is 202 g/mol. The molecule has 0 heterocycles. The quantitative estimate of drug-likeness (QED) is 0.528. The van der Waals surface area contributed by atoms with Crippen LogP contribution in [0.5, 0.6) is 0 Å². The molecule has 0 bridgehead atoms. The number of rotatable bonds is 3. The van der Waals surface area contributed by atoms with E-state index in [4.69, 9.17) is 0 Å². The Kier molecular flexibility index (Phi) is 4.22. The SMILES string of the molecule is CC(C)=N/N=C(\C)C(C)c1ccccc1. The van der Waals surface area contributed by atoms with Crippen LogP contribution in [0.3, 0.4) is 0 Å². The van der Waals surface area contributed by atoms with Crippen LogP contribution < -0.4 is 0 Å². The van der Waals surface area contributed by atoms with E-state index in [2.05, 4.69) is 29.3 Å². The van der Waals surface area contributed by atoms with Gasteiger partial charge in [-0.05, 0) is 26.3 Å². The summed E-state index contributed by atoms with van der Waals surface area (Å²) in [6, 6.07) is 10.4. The zero-order valence-corrected chi connectivity index (χ0v) is 9.86. The van der Waals surface area contributed by atoms with Gasteiger partial charge >= 0.3 is 0 Å². The van der Waals surface area contributed by atoms with Crippen LogP contribution in [0.25, 0.3) is 0 Å². The summed E-state index contributed by atoms with van der Waals surface area (Å²) in [6.07, 6.45) is 0. The lowest BCUT2D eigenvalue weighted by molar-refractivity contribution is 0.992. The fourth-order valence-corrected chi connectivity index (χ4v) is 1.25. The van der Waals surface area contributed by atoms with Gasteiger partial charge in [0, 0.05) is 17.3 Å². The number of nitrogens with zero attached hydrogens (tertiary/aromatic N) is 2. The molecular weight excluding hydrogens is 184 g/mol. The Morgan fingerprint density at radius 3 is 2.13 bits per heavy atom. The molecule has 2 heteroatoms. The van der Waals surface area contributed by atoms with Crippen LogP contribution in [0.1, 0.15) is 39.2 Å².